The number of carbonyl (C=O) groups is 2. The summed E-state index contributed by atoms with van der Waals surface area (Å²) >= 11 is 0. The van der Waals surface area contributed by atoms with Crippen molar-refractivity contribution >= 4 is 17.6 Å². The molecule has 6 heteroatoms. The van der Waals surface area contributed by atoms with Crippen LogP contribution < -0.4 is 10.6 Å². The van der Waals surface area contributed by atoms with Crippen LogP contribution in [-0.4, -0.2) is 25.0 Å². The molecule has 1 aromatic rings. The fourth-order valence-corrected chi connectivity index (χ4v) is 1.47. The van der Waals surface area contributed by atoms with E-state index < -0.39 is 11.9 Å². The monoisotopic (exact) mass is 287 g/mol. The van der Waals surface area contributed by atoms with Crippen molar-refractivity contribution in [2.45, 2.75) is 19.9 Å². The number of carbonyl (C=O) groups excluding carboxylic acids is 2. The van der Waals surface area contributed by atoms with Gasteiger partial charge in [-0.05, 0) is 26.0 Å². The molecule has 0 aliphatic carbocycles. The summed E-state index contributed by atoms with van der Waals surface area (Å²) in [7, 11) is 1.26. The van der Waals surface area contributed by atoms with Gasteiger partial charge in [-0.1, -0.05) is 12.1 Å². The van der Waals surface area contributed by atoms with Gasteiger partial charge in [-0.15, -0.1) is 0 Å². The number of hydrogen-bond acceptors (Lipinski definition) is 5. The molecule has 0 fully saturated rings. The summed E-state index contributed by atoms with van der Waals surface area (Å²) in [5.41, 5.74) is 0.436. The van der Waals surface area contributed by atoms with Gasteiger partial charge in [0.15, 0.2) is 0 Å². The van der Waals surface area contributed by atoms with Crippen molar-refractivity contribution in [2.24, 2.45) is 0 Å². The highest BCUT2D eigenvalue weighted by atomic mass is 16.5. The Labute approximate surface area is 123 Å². The first-order valence-electron chi connectivity index (χ1n) is 6.34. The molecule has 1 aromatic carbocycles. The molecule has 0 atom stereocenters. The van der Waals surface area contributed by atoms with E-state index in [9.17, 15) is 9.59 Å². The normalized spacial score (nSPS) is 10.7. The quantitative estimate of drug-likeness (QED) is 0.489. The number of nitrogens with one attached hydrogen (secondary N) is 2. The molecular weight excluding hydrogens is 270 g/mol. The van der Waals surface area contributed by atoms with Crippen LogP contribution in [0.2, 0.25) is 0 Å². The van der Waals surface area contributed by atoms with E-state index in [4.69, 9.17) is 5.26 Å². The maximum Gasteiger partial charge on any atom is 0.339 e. The van der Waals surface area contributed by atoms with Crippen LogP contribution in [0.5, 0.6) is 0 Å². The average Bonchev–Trinajstić information content (AvgIpc) is 2.47. The van der Waals surface area contributed by atoms with E-state index in [-0.39, 0.29) is 17.2 Å². The van der Waals surface area contributed by atoms with Gasteiger partial charge in [0.05, 0.1) is 18.4 Å². The minimum atomic E-state index is -0.595. The smallest absolute Gasteiger partial charge is 0.339 e. The van der Waals surface area contributed by atoms with Crippen LogP contribution in [0.1, 0.15) is 24.2 Å². The molecule has 6 nitrogen and oxygen atoms in total. The molecule has 110 valence electrons. The highest BCUT2D eigenvalue weighted by Gasteiger charge is 2.15. The molecule has 21 heavy (non-hydrogen) atoms. The lowest BCUT2D eigenvalue weighted by Crippen LogP contribution is -2.21. The van der Waals surface area contributed by atoms with E-state index in [1.54, 1.807) is 18.2 Å². The van der Waals surface area contributed by atoms with Crippen LogP contribution in [-0.2, 0) is 9.53 Å². The molecule has 0 unspecified atom stereocenters. The molecule has 1 rings (SSSR count). The number of amides is 1. The Morgan fingerprint density at radius 3 is 2.57 bits per heavy atom. The summed E-state index contributed by atoms with van der Waals surface area (Å²) in [5.74, 6) is -1.16. The molecule has 1 amide bonds. The number of nitriles is 1. The lowest BCUT2D eigenvalue weighted by Gasteiger charge is -2.09. The number of nitrogens with zero attached hydrogens (tertiary/aromatic N) is 1. The Balaban J connectivity index is 2.96. The van der Waals surface area contributed by atoms with Gasteiger partial charge in [0.2, 0.25) is 0 Å². The minimum Gasteiger partial charge on any atom is -0.465 e. The first-order chi connectivity index (χ1) is 9.99. The molecule has 0 aliphatic heterocycles. The van der Waals surface area contributed by atoms with E-state index in [0.29, 0.717) is 5.69 Å². The summed E-state index contributed by atoms with van der Waals surface area (Å²) in [6, 6.07) is 8.33. The van der Waals surface area contributed by atoms with Gasteiger partial charge in [-0.3, -0.25) is 4.79 Å². The molecule has 0 bridgehead atoms. The minimum absolute atomic E-state index is 0.0802. The predicted octanol–water partition coefficient (Wildman–Crippen LogP) is 1.82. The molecule has 0 aromatic heterocycles. The lowest BCUT2D eigenvalue weighted by molar-refractivity contribution is -0.112. The predicted molar refractivity (Wildman–Crippen MR) is 78.4 cm³/mol. The third-order valence-corrected chi connectivity index (χ3v) is 2.51. The molecule has 2 N–H and O–H groups in total. The van der Waals surface area contributed by atoms with Gasteiger partial charge >= 0.3 is 5.97 Å². The molecule has 0 spiro atoms. The summed E-state index contributed by atoms with van der Waals surface area (Å²) in [6.07, 6.45) is 1.35. The van der Waals surface area contributed by atoms with Gasteiger partial charge in [-0.2, -0.15) is 5.26 Å². The first kappa shape index (κ1) is 16.2. The number of rotatable bonds is 5. The van der Waals surface area contributed by atoms with Gasteiger partial charge in [0.1, 0.15) is 11.6 Å². The van der Waals surface area contributed by atoms with E-state index in [0.717, 1.165) is 0 Å². The number of hydrogen-bond donors (Lipinski definition) is 2. The molecule has 0 saturated carbocycles. The van der Waals surface area contributed by atoms with Crippen molar-refractivity contribution in [1.82, 2.24) is 5.32 Å². The summed E-state index contributed by atoms with van der Waals surface area (Å²) in [4.78, 5) is 23.6. The maximum absolute atomic E-state index is 12.0. The van der Waals surface area contributed by atoms with Gasteiger partial charge in [0.25, 0.3) is 5.91 Å². The van der Waals surface area contributed by atoms with Crippen molar-refractivity contribution < 1.29 is 14.3 Å². The van der Waals surface area contributed by atoms with Gasteiger partial charge in [-0.25, -0.2) is 4.79 Å². The van der Waals surface area contributed by atoms with Crippen molar-refractivity contribution in [3.8, 4) is 6.07 Å². The Hall–Kier alpha value is -2.81. The highest BCUT2D eigenvalue weighted by Crippen LogP contribution is 2.16. The number of benzene rings is 1. The summed E-state index contributed by atoms with van der Waals surface area (Å²) < 4.78 is 4.64. The van der Waals surface area contributed by atoms with Crippen molar-refractivity contribution in [1.29, 1.82) is 5.26 Å². The SMILES string of the molecule is COC(=O)c1ccccc1NC(=O)/C(C#N)=C\NC(C)C. The van der Waals surface area contributed by atoms with E-state index in [2.05, 4.69) is 15.4 Å². The van der Waals surface area contributed by atoms with Crippen molar-refractivity contribution in [3.63, 3.8) is 0 Å². The van der Waals surface area contributed by atoms with Crippen molar-refractivity contribution in [2.75, 3.05) is 12.4 Å². The number of ether oxygens (including phenoxy) is 1. The number of methoxy groups -OCH3 is 1. The Bertz CT molecular complexity index is 600. The Morgan fingerprint density at radius 1 is 1.33 bits per heavy atom. The maximum atomic E-state index is 12.0. The molecular formula is C15H17N3O3. The zero-order valence-electron chi connectivity index (χ0n) is 12.1. The first-order valence-corrected chi connectivity index (χ1v) is 6.34. The molecule has 0 aliphatic rings. The van der Waals surface area contributed by atoms with Crippen LogP contribution >= 0.6 is 0 Å². The number of para-hydroxylation sites is 1. The van der Waals surface area contributed by atoms with Crippen LogP contribution in [0.25, 0.3) is 0 Å². The topological polar surface area (TPSA) is 91.2 Å². The van der Waals surface area contributed by atoms with E-state index >= 15 is 0 Å². The summed E-state index contributed by atoms with van der Waals surface area (Å²) in [6.45, 7) is 3.77. The fourth-order valence-electron chi connectivity index (χ4n) is 1.47. The van der Waals surface area contributed by atoms with Crippen LogP contribution in [0, 0.1) is 11.3 Å². The van der Waals surface area contributed by atoms with Crippen LogP contribution in [0.15, 0.2) is 36.0 Å². The number of anilines is 1. The van der Waals surface area contributed by atoms with E-state index in [1.807, 2.05) is 19.9 Å². The third kappa shape index (κ3) is 4.66. The Morgan fingerprint density at radius 2 is 2.00 bits per heavy atom. The standard InChI is InChI=1S/C15H17N3O3/c1-10(2)17-9-11(8-16)14(19)18-13-7-5-4-6-12(13)15(20)21-3/h4-7,9-10,17H,1-3H3,(H,18,19)/b11-9-. The van der Waals surface area contributed by atoms with Gasteiger partial charge in [0, 0.05) is 12.2 Å². The fraction of sp³-hybridized carbons (Fsp3) is 0.267. The zero-order chi connectivity index (χ0) is 15.8. The third-order valence-electron chi connectivity index (χ3n) is 2.51. The second kappa shape index (κ2) is 7.70. The average molecular weight is 287 g/mol. The number of esters is 1. The van der Waals surface area contributed by atoms with Gasteiger partial charge < -0.3 is 15.4 Å². The van der Waals surface area contributed by atoms with Crippen LogP contribution in [0.4, 0.5) is 5.69 Å². The highest BCUT2D eigenvalue weighted by molar-refractivity contribution is 6.09. The second-order valence-corrected chi connectivity index (χ2v) is 4.48. The van der Waals surface area contributed by atoms with Crippen LogP contribution in [0.3, 0.4) is 0 Å². The summed E-state index contributed by atoms with van der Waals surface area (Å²) in [5, 5.41) is 14.4. The molecule has 0 saturated heterocycles. The molecule has 0 radical (unpaired) electrons. The second-order valence-electron chi connectivity index (χ2n) is 4.48. The zero-order valence-corrected chi connectivity index (χ0v) is 12.1. The van der Waals surface area contributed by atoms with E-state index in [1.165, 1.54) is 19.4 Å². The Kier molecular flexibility index (Phi) is 5.96. The van der Waals surface area contributed by atoms with Crippen molar-refractivity contribution in [3.05, 3.63) is 41.6 Å². The lowest BCUT2D eigenvalue weighted by atomic mass is 10.1. The molecule has 0 heterocycles. The largest absolute Gasteiger partial charge is 0.465 e.